The molecule has 0 bridgehead atoms. The number of hydrogen-bond acceptors (Lipinski definition) is 1. The van der Waals surface area contributed by atoms with Crippen molar-refractivity contribution in [1.29, 1.82) is 0 Å². The molecular weight excluding hydrogens is 206 g/mol. The van der Waals surface area contributed by atoms with Gasteiger partial charge in [-0.05, 0) is 37.8 Å². The van der Waals surface area contributed by atoms with E-state index in [2.05, 4.69) is 49.6 Å². The summed E-state index contributed by atoms with van der Waals surface area (Å²) in [5.41, 5.74) is 1.88. The summed E-state index contributed by atoms with van der Waals surface area (Å²) in [7, 11) is 2.09. The van der Waals surface area contributed by atoms with Gasteiger partial charge < -0.3 is 5.32 Å². The van der Waals surface area contributed by atoms with E-state index in [0.717, 1.165) is 12.5 Å². The van der Waals surface area contributed by atoms with Crippen LogP contribution in [0.25, 0.3) is 0 Å². The van der Waals surface area contributed by atoms with Crippen molar-refractivity contribution < 1.29 is 0 Å². The molecule has 1 aromatic carbocycles. The van der Waals surface area contributed by atoms with Crippen molar-refractivity contribution in [3.8, 4) is 0 Å². The predicted molar refractivity (Wildman–Crippen MR) is 74.3 cm³/mol. The maximum absolute atomic E-state index is 3.43. The Morgan fingerprint density at radius 3 is 2.35 bits per heavy atom. The Bertz CT molecular complexity index is 327. The lowest BCUT2D eigenvalue weighted by Crippen LogP contribution is -2.42. The Labute approximate surface area is 106 Å². The molecule has 1 N–H and O–H groups in total. The summed E-state index contributed by atoms with van der Waals surface area (Å²) in [5, 5.41) is 3.43. The molecule has 0 saturated heterocycles. The number of nitrogens with one attached hydrogen (secondary N) is 1. The molecule has 1 unspecified atom stereocenters. The highest BCUT2D eigenvalue weighted by molar-refractivity contribution is 5.27. The van der Waals surface area contributed by atoms with Crippen molar-refractivity contribution in [3.63, 3.8) is 0 Å². The van der Waals surface area contributed by atoms with Gasteiger partial charge in [0.05, 0.1) is 0 Å². The second-order valence-electron chi connectivity index (χ2n) is 5.39. The molecule has 1 aliphatic carbocycles. The zero-order valence-corrected chi connectivity index (χ0v) is 11.2. The molecule has 0 spiro atoms. The van der Waals surface area contributed by atoms with Crippen LogP contribution >= 0.6 is 0 Å². The molecule has 1 saturated carbocycles. The van der Waals surface area contributed by atoms with Crippen molar-refractivity contribution in [2.75, 3.05) is 13.6 Å². The van der Waals surface area contributed by atoms with E-state index < -0.39 is 0 Å². The van der Waals surface area contributed by atoms with E-state index in [9.17, 15) is 0 Å². The molecule has 1 aromatic rings. The minimum Gasteiger partial charge on any atom is -0.319 e. The maximum Gasteiger partial charge on any atom is 0.0103 e. The summed E-state index contributed by atoms with van der Waals surface area (Å²) in [6.07, 6.45) is 6.89. The fraction of sp³-hybridized carbons (Fsp3) is 0.625. The first-order valence-corrected chi connectivity index (χ1v) is 7.03. The fourth-order valence-corrected chi connectivity index (χ4v) is 3.66. The van der Waals surface area contributed by atoms with Gasteiger partial charge in [0.1, 0.15) is 0 Å². The van der Waals surface area contributed by atoms with Gasteiger partial charge in [0.25, 0.3) is 0 Å². The van der Waals surface area contributed by atoms with Crippen LogP contribution in [0.4, 0.5) is 0 Å². The predicted octanol–water partition coefficient (Wildman–Crippen LogP) is 3.74. The average molecular weight is 231 g/mol. The van der Waals surface area contributed by atoms with Crippen LogP contribution in [0.2, 0.25) is 0 Å². The van der Waals surface area contributed by atoms with E-state index in [0.29, 0.717) is 5.41 Å². The van der Waals surface area contributed by atoms with Crippen LogP contribution < -0.4 is 5.32 Å². The summed E-state index contributed by atoms with van der Waals surface area (Å²) in [5.74, 6) is 0.863. The third kappa shape index (κ3) is 2.40. The number of rotatable bonds is 5. The van der Waals surface area contributed by atoms with E-state index in [4.69, 9.17) is 0 Å². The second kappa shape index (κ2) is 5.68. The average Bonchev–Trinajstić information content (AvgIpc) is 2.91. The summed E-state index contributed by atoms with van der Waals surface area (Å²) in [4.78, 5) is 0. The SMILES string of the molecule is CCC(CNC)(c1ccccc1)C1CCCC1. The molecule has 1 aliphatic rings. The molecule has 2 rings (SSSR count). The van der Waals surface area contributed by atoms with Gasteiger partial charge in [-0.3, -0.25) is 0 Å². The van der Waals surface area contributed by atoms with Crippen molar-refractivity contribution in [2.24, 2.45) is 5.92 Å². The topological polar surface area (TPSA) is 12.0 Å². The second-order valence-corrected chi connectivity index (χ2v) is 5.39. The van der Waals surface area contributed by atoms with Crippen LogP contribution in [0.5, 0.6) is 0 Å². The van der Waals surface area contributed by atoms with E-state index in [1.54, 1.807) is 0 Å². The van der Waals surface area contributed by atoms with Crippen LogP contribution in [0, 0.1) is 5.92 Å². The van der Waals surface area contributed by atoms with Gasteiger partial charge >= 0.3 is 0 Å². The molecule has 0 aliphatic heterocycles. The first kappa shape index (κ1) is 12.6. The van der Waals surface area contributed by atoms with E-state index in [-0.39, 0.29) is 0 Å². The molecular formula is C16H25N. The standard InChI is InChI=1S/C16H25N/c1-3-16(13-17-2,15-11-7-8-12-15)14-9-5-4-6-10-14/h4-6,9-10,15,17H,3,7-8,11-13H2,1-2H3. The highest BCUT2D eigenvalue weighted by Crippen LogP contribution is 2.44. The van der Waals surface area contributed by atoms with Gasteiger partial charge in [0, 0.05) is 12.0 Å². The van der Waals surface area contributed by atoms with Crippen molar-refractivity contribution in [3.05, 3.63) is 35.9 Å². The van der Waals surface area contributed by atoms with Crippen LogP contribution in [-0.4, -0.2) is 13.6 Å². The fourth-order valence-electron chi connectivity index (χ4n) is 3.66. The third-order valence-electron chi connectivity index (χ3n) is 4.61. The van der Waals surface area contributed by atoms with Gasteiger partial charge in [-0.2, -0.15) is 0 Å². The molecule has 1 nitrogen and oxygen atoms in total. The summed E-state index contributed by atoms with van der Waals surface area (Å²) >= 11 is 0. The molecule has 17 heavy (non-hydrogen) atoms. The number of likely N-dealkylation sites (N-methyl/N-ethyl adjacent to an activating group) is 1. The van der Waals surface area contributed by atoms with E-state index >= 15 is 0 Å². The van der Waals surface area contributed by atoms with E-state index in [1.807, 2.05) is 0 Å². The van der Waals surface area contributed by atoms with Gasteiger partial charge in [-0.1, -0.05) is 50.1 Å². The zero-order valence-electron chi connectivity index (χ0n) is 11.2. The van der Waals surface area contributed by atoms with Crippen LogP contribution in [0.3, 0.4) is 0 Å². The van der Waals surface area contributed by atoms with Crippen LogP contribution in [-0.2, 0) is 5.41 Å². The van der Waals surface area contributed by atoms with Gasteiger partial charge in [0.15, 0.2) is 0 Å². The first-order valence-electron chi connectivity index (χ1n) is 7.03. The maximum atomic E-state index is 3.43. The largest absolute Gasteiger partial charge is 0.319 e. The van der Waals surface area contributed by atoms with E-state index in [1.165, 1.54) is 37.7 Å². The van der Waals surface area contributed by atoms with Gasteiger partial charge in [-0.15, -0.1) is 0 Å². The minimum atomic E-state index is 0.354. The normalized spacial score (nSPS) is 20.4. The lowest BCUT2D eigenvalue weighted by atomic mass is 9.67. The lowest BCUT2D eigenvalue weighted by Gasteiger charge is -2.39. The summed E-state index contributed by atoms with van der Waals surface area (Å²) in [6, 6.07) is 11.1. The Morgan fingerprint density at radius 2 is 1.82 bits per heavy atom. The third-order valence-corrected chi connectivity index (χ3v) is 4.61. The molecule has 94 valence electrons. The molecule has 0 radical (unpaired) electrons. The van der Waals surface area contributed by atoms with Crippen LogP contribution in [0.1, 0.15) is 44.6 Å². The van der Waals surface area contributed by atoms with Gasteiger partial charge in [-0.25, -0.2) is 0 Å². The Kier molecular flexibility index (Phi) is 4.22. The van der Waals surface area contributed by atoms with Crippen molar-refractivity contribution in [1.82, 2.24) is 5.32 Å². The molecule has 1 fully saturated rings. The molecule has 0 aromatic heterocycles. The minimum absolute atomic E-state index is 0.354. The molecule has 0 heterocycles. The smallest absolute Gasteiger partial charge is 0.0103 e. The Hall–Kier alpha value is -0.820. The van der Waals surface area contributed by atoms with Crippen LogP contribution in [0.15, 0.2) is 30.3 Å². The zero-order chi connectivity index (χ0) is 12.1. The monoisotopic (exact) mass is 231 g/mol. The Morgan fingerprint density at radius 1 is 1.18 bits per heavy atom. The lowest BCUT2D eigenvalue weighted by molar-refractivity contribution is 0.254. The number of hydrogen-bond donors (Lipinski definition) is 1. The first-order chi connectivity index (χ1) is 8.33. The quantitative estimate of drug-likeness (QED) is 0.814. The molecule has 1 heteroatoms. The molecule has 1 atom stereocenters. The Balaban J connectivity index is 2.34. The van der Waals surface area contributed by atoms with Crippen molar-refractivity contribution >= 4 is 0 Å². The summed E-state index contributed by atoms with van der Waals surface area (Å²) < 4.78 is 0. The highest BCUT2D eigenvalue weighted by atomic mass is 14.8. The highest BCUT2D eigenvalue weighted by Gasteiger charge is 2.39. The summed E-state index contributed by atoms with van der Waals surface area (Å²) in [6.45, 7) is 3.46. The molecule has 0 amide bonds. The number of benzene rings is 1. The van der Waals surface area contributed by atoms with Gasteiger partial charge in [0.2, 0.25) is 0 Å². The van der Waals surface area contributed by atoms with Crippen molar-refractivity contribution in [2.45, 2.75) is 44.4 Å².